The fraction of sp³-hybridized carbons (Fsp3) is 0.667. The minimum atomic E-state index is -0.128. The van der Waals surface area contributed by atoms with E-state index in [4.69, 9.17) is 0 Å². The number of amides is 1. The number of hydrogen-bond donors (Lipinski definition) is 3. The summed E-state index contributed by atoms with van der Waals surface area (Å²) in [5, 5.41) is 3.06. The van der Waals surface area contributed by atoms with Gasteiger partial charge in [-0.1, -0.05) is 44.5 Å². The fourth-order valence-electron chi connectivity index (χ4n) is 3.97. The third-order valence-electron chi connectivity index (χ3n) is 5.40. The van der Waals surface area contributed by atoms with Crippen molar-refractivity contribution in [3.63, 3.8) is 0 Å². The maximum atomic E-state index is 12.4. The van der Waals surface area contributed by atoms with Crippen LogP contribution in [-0.4, -0.2) is 36.0 Å². The Morgan fingerprint density at radius 2 is 1.81 bits per heavy atom. The molecule has 5 nitrogen and oxygen atoms in total. The van der Waals surface area contributed by atoms with Crippen molar-refractivity contribution in [1.82, 2.24) is 21.1 Å². The highest BCUT2D eigenvalue weighted by molar-refractivity contribution is 5.82. The number of likely N-dealkylation sites (tertiary alicyclic amines) is 1. The topological polar surface area (TPSA) is 56.4 Å². The lowest BCUT2D eigenvalue weighted by atomic mass is 10.00. The van der Waals surface area contributed by atoms with Gasteiger partial charge in [0.2, 0.25) is 5.91 Å². The van der Waals surface area contributed by atoms with Crippen LogP contribution in [0.25, 0.3) is 0 Å². The molecule has 3 N–H and O–H groups in total. The normalized spacial score (nSPS) is 24.1. The molecule has 1 aromatic rings. The van der Waals surface area contributed by atoms with Crippen LogP contribution < -0.4 is 16.2 Å². The number of nitrogens with zero attached hydrogens (tertiary/aromatic N) is 1. The van der Waals surface area contributed by atoms with E-state index in [1.165, 1.54) is 37.9 Å². The van der Waals surface area contributed by atoms with Gasteiger partial charge in [-0.05, 0) is 55.8 Å². The molecule has 5 heteroatoms. The van der Waals surface area contributed by atoms with Crippen molar-refractivity contribution < 1.29 is 4.79 Å². The van der Waals surface area contributed by atoms with Crippen LogP contribution in [0.15, 0.2) is 24.3 Å². The number of rotatable bonds is 7. The van der Waals surface area contributed by atoms with E-state index < -0.39 is 0 Å². The first-order valence-corrected chi connectivity index (χ1v) is 10.2. The summed E-state index contributed by atoms with van der Waals surface area (Å²) in [5.41, 5.74) is 8.90. The van der Waals surface area contributed by atoms with Crippen LogP contribution in [0, 0.1) is 5.92 Å². The number of carbonyl (C=O) groups is 1. The van der Waals surface area contributed by atoms with Gasteiger partial charge in [0.25, 0.3) is 0 Å². The zero-order chi connectivity index (χ0) is 18.4. The van der Waals surface area contributed by atoms with Gasteiger partial charge in [0.05, 0.1) is 0 Å². The summed E-state index contributed by atoms with van der Waals surface area (Å²) < 4.78 is 0. The highest BCUT2D eigenvalue weighted by Crippen LogP contribution is 2.15. The molecule has 3 rings (SSSR count). The highest BCUT2D eigenvalue weighted by Gasteiger charge is 2.29. The monoisotopic (exact) mass is 358 g/mol. The molecule has 2 aliphatic rings. The van der Waals surface area contributed by atoms with Gasteiger partial charge in [0.1, 0.15) is 6.04 Å². The Morgan fingerprint density at radius 1 is 1.12 bits per heavy atom. The van der Waals surface area contributed by atoms with Gasteiger partial charge < -0.3 is 5.32 Å². The van der Waals surface area contributed by atoms with E-state index in [0.717, 1.165) is 24.9 Å². The van der Waals surface area contributed by atoms with E-state index in [-0.39, 0.29) is 11.9 Å². The zero-order valence-corrected chi connectivity index (χ0v) is 16.3. The van der Waals surface area contributed by atoms with Crippen molar-refractivity contribution >= 4 is 5.91 Å². The zero-order valence-electron chi connectivity index (χ0n) is 16.3. The van der Waals surface area contributed by atoms with E-state index in [2.05, 4.69) is 59.2 Å². The molecule has 2 saturated heterocycles. The second-order valence-corrected chi connectivity index (χ2v) is 8.27. The molecule has 0 saturated carbocycles. The third kappa shape index (κ3) is 5.79. The second kappa shape index (κ2) is 9.49. The molecule has 1 aromatic carbocycles. The summed E-state index contributed by atoms with van der Waals surface area (Å²) in [4.78, 5) is 14.9. The van der Waals surface area contributed by atoms with E-state index >= 15 is 0 Å². The highest BCUT2D eigenvalue weighted by atomic mass is 16.2. The minimum absolute atomic E-state index is 0.0844. The molecule has 2 heterocycles. The summed E-state index contributed by atoms with van der Waals surface area (Å²) in [6.45, 7) is 8.50. The lowest BCUT2D eigenvalue weighted by Gasteiger charge is -2.26. The summed E-state index contributed by atoms with van der Waals surface area (Å²) in [6, 6.07) is 8.94. The van der Waals surface area contributed by atoms with Crippen molar-refractivity contribution in [2.75, 3.05) is 13.1 Å². The molecule has 0 aliphatic carbocycles. The molecule has 2 fully saturated rings. The first-order chi connectivity index (χ1) is 12.6. The smallest absolute Gasteiger partial charge is 0.238 e. The molecular weight excluding hydrogens is 324 g/mol. The second-order valence-electron chi connectivity index (χ2n) is 8.27. The van der Waals surface area contributed by atoms with Crippen LogP contribution in [-0.2, 0) is 17.9 Å². The summed E-state index contributed by atoms with van der Waals surface area (Å²) in [5.74, 6) is 0.723. The predicted molar refractivity (Wildman–Crippen MR) is 105 cm³/mol. The molecule has 2 aliphatic heterocycles. The van der Waals surface area contributed by atoms with Crippen LogP contribution >= 0.6 is 0 Å². The lowest BCUT2D eigenvalue weighted by Crippen LogP contribution is -2.43. The number of hydrogen-bond acceptors (Lipinski definition) is 4. The summed E-state index contributed by atoms with van der Waals surface area (Å²) in [7, 11) is 0. The van der Waals surface area contributed by atoms with Crippen LogP contribution in [0.2, 0.25) is 0 Å². The van der Waals surface area contributed by atoms with Crippen molar-refractivity contribution in [3.05, 3.63) is 35.4 Å². The molecule has 144 valence electrons. The van der Waals surface area contributed by atoms with Gasteiger partial charge in [-0.15, -0.1) is 0 Å². The van der Waals surface area contributed by atoms with Crippen LogP contribution in [0.4, 0.5) is 0 Å². The Balaban J connectivity index is 1.41. The van der Waals surface area contributed by atoms with E-state index in [1.807, 2.05) is 0 Å². The Morgan fingerprint density at radius 3 is 2.50 bits per heavy atom. The average Bonchev–Trinajstić information content (AvgIpc) is 3.09. The maximum Gasteiger partial charge on any atom is 0.238 e. The maximum absolute atomic E-state index is 12.4. The molecule has 0 spiro atoms. The van der Waals surface area contributed by atoms with Gasteiger partial charge in [0, 0.05) is 19.1 Å². The molecule has 0 bridgehead atoms. The summed E-state index contributed by atoms with van der Waals surface area (Å²) >= 11 is 0. The number of hydrazine groups is 1. The number of piperidine rings is 1. The number of carbonyl (C=O) groups excluding carboxylic acids is 1. The largest absolute Gasteiger partial charge is 0.351 e. The standard InChI is InChI=1S/C21H34N4O/c1-16(2)12-19-13-20(24-23-19)21(26)22-14-17-6-8-18(9-7-17)15-25-10-4-3-5-11-25/h6-9,16,19-20,23-24H,3-5,10-15H2,1-2H3,(H,22,26). The van der Waals surface area contributed by atoms with Crippen LogP contribution in [0.5, 0.6) is 0 Å². The Bertz CT molecular complexity index is 566. The SMILES string of the molecule is CC(C)CC1CC(C(=O)NCc2ccc(CN3CCCCC3)cc2)NN1. The molecule has 1 amide bonds. The molecule has 0 radical (unpaired) electrons. The fourth-order valence-corrected chi connectivity index (χ4v) is 3.97. The quantitative estimate of drug-likeness (QED) is 0.701. The molecular formula is C21H34N4O. The minimum Gasteiger partial charge on any atom is -0.351 e. The first kappa shape index (κ1) is 19.3. The van der Waals surface area contributed by atoms with Gasteiger partial charge in [-0.3, -0.25) is 15.1 Å². The predicted octanol–water partition coefficient (Wildman–Crippen LogP) is 2.57. The summed E-state index contributed by atoms with van der Waals surface area (Å²) in [6.07, 6.45) is 5.98. The Hall–Kier alpha value is -1.43. The Labute approximate surface area is 157 Å². The third-order valence-corrected chi connectivity index (χ3v) is 5.40. The van der Waals surface area contributed by atoms with Crippen LogP contribution in [0.1, 0.15) is 57.1 Å². The lowest BCUT2D eigenvalue weighted by molar-refractivity contribution is -0.123. The first-order valence-electron chi connectivity index (χ1n) is 10.2. The molecule has 26 heavy (non-hydrogen) atoms. The average molecular weight is 359 g/mol. The van der Waals surface area contributed by atoms with E-state index in [1.54, 1.807) is 0 Å². The molecule has 2 unspecified atom stereocenters. The Kier molecular flexibility index (Phi) is 7.06. The van der Waals surface area contributed by atoms with Gasteiger partial charge in [-0.2, -0.15) is 0 Å². The van der Waals surface area contributed by atoms with Crippen molar-refractivity contribution in [3.8, 4) is 0 Å². The van der Waals surface area contributed by atoms with Gasteiger partial charge >= 0.3 is 0 Å². The van der Waals surface area contributed by atoms with Crippen molar-refractivity contribution in [1.29, 1.82) is 0 Å². The number of benzene rings is 1. The van der Waals surface area contributed by atoms with Crippen LogP contribution in [0.3, 0.4) is 0 Å². The number of nitrogens with one attached hydrogen (secondary N) is 3. The van der Waals surface area contributed by atoms with Crippen molar-refractivity contribution in [2.24, 2.45) is 5.92 Å². The van der Waals surface area contributed by atoms with E-state index in [9.17, 15) is 4.79 Å². The van der Waals surface area contributed by atoms with E-state index in [0.29, 0.717) is 18.5 Å². The van der Waals surface area contributed by atoms with Gasteiger partial charge in [0.15, 0.2) is 0 Å². The van der Waals surface area contributed by atoms with Crippen molar-refractivity contribution in [2.45, 2.75) is 71.1 Å². The molecule has 0 aromatic heterocycles. The van der Waals surface area contributed by atoms with Gasteiger partial charge in [-0.25, -0.2) is 5.43 Å². The molecule has 2 atom stereocenters.